The fraction of sp³-hybridized carbons (Fsp3) is 0.400. The maximum Gasteiger partial charge on any atom is 0.123 e. The van der Waals surface area contributed by atoms with Gasteiger partial charge in [0.25, 0.3) is 0 Å². The Morgan fingerprint density at radius 3 is 2.42 bits per heavy atom. The molecule has 1 N–H and O–H groups in total. The maximum atomic E-state index is 13.1. The molecule has 0 aliphatic rings. The summed E-state index contributed by atoms with van der Waals surface area (Å²) in [5.74, 6) is -0.241. The molecule has 0 radical (unpaired) electrons. The van der Waals surface area contributed by atoms with E-state index in [2.05, 4.69) is 36.6 Å². The Bertz CT molecular complexity index is 888. The molecule has 0 saturated heterocycles. The highest BCUT2D eigenvalue weighted by Crippen LogP contribution is 2.25. The van der Waals surface area contributed by atoms with Crippen LogP contribution in [0.1, 0.15) is 48.4 Å². The zero-order chi connectivity index (χ0) is 18.9. The molecule has 1 aromatic carbocycles. The van der Waals surface area contributed by atoms with Crippen LogP contribution < -0.4 is 5.32 Å². The lowest BCUT2D eigenvalue weighted by Crippen LogP contribution is -2.15. The Balaban J connectivity index is 1.69. The molecule has 0 spiro atoms. The highest BCUT2D eigenvalue weighted by Gasteiger charge is 2.18. The van der Waals surface area contributed by atoms with Crippen LogP contribution in [0.25, 0.3) is 5.69 Å². The second-order valence-electron chi connectivity index (χ2n) is 7.54. The molecule has 2 aromatic heterocycles. The van der Waals surface area contributed by atoms with Gasteiger partial charge < -0.3 is 5.32 Å². The molecule has 26 heavy (non-hydrogen) atoms. The molecule has 4 nitrogen and oxygen atoms in total. The SMILES string of the molecule is Cc1nn(-c2ccc(F)cc2)c(C)c1CNCc1csc(C(C)(C)C)n1. The third-order valence-corrected chi connectivity index (χ3v) is 5.63. The fourth-order valence-corrected chi connectivity index (χ4v) is 3.72. The third kappa shape index (κ3) is 4.02. The van der Waals surface area contributed by atoms with E-state index in [0.717, 1.165) is 40.9 Å². The van der Waals surface area contributed by atoms with Crippen LogP contribution in [0.5, 0.6) is 0 Å². The van der Waals surface area contributed by atoms with Crippen LogP contribution in [0.15, 0.2) is 29.6 Å². The first-order chi connectivity index (χ1) is 12.3. The molecular weight excluding hydrogens is 347 g/mol. The minimum Gasteiger partial charge on any atom is -0.307 e. The van der Waals surface area contributed by atoms with E-state index in [1.165, 1.54) is 17.7 Å². The molecule has 3 rings (SSSR count). The Labute approximate surface area is 158 Å². The summed E-state index contributed by atoms with van der Waals surface area (Å²) < 4.78 is 15.0. The molecule has 138 valence electrons. The van der Waals surface area contributed by atoms with Crippen molar-refractivity contribution in [2.75, 3.05) is 0 Å². The standard InChI is InChI=1S/C20H25FN4S/c1-13-18(11-22-10-16-12-26-19(23-16)20(3,4)5)14(2)25(24-13)17-8-6-15(21)7-9-17/h6-9,12,22H,10-11H2,1-5H3. The van der Waals surface area contributed by atoms with Crippen molar-refractivity contribution < 1.29 is 4.39 Å². The smallest absolute Gasteiger partial charge is 0.123 e. The van der Waals surface area contributed by atoms with Gasteiger partial charge in [0, 0.05) is 35.1 Å². The van der Waals surface area contributed by atoms with Crippen LogP contribution in [0.3, 0.4) is 0 Å². The van der Waals surface area contributed by atoms with Gasteiger partial charge in [-0.05, 0) is 38.1 Å². The molecule has 0 fully saturated rings. The van der Waals surface area contributed by atoms with Crippen molar-refractivity contribution in [3.63, 3.8) is 0 Å². The van der Waals surface area contributed by atoms with Gasteiger partial charge in [0.1, 0.15) is 5.82 Å². The molecule has 0 saturated carbocycles. The van der Waals surface area contributed by atoms with Crippen LogP contribution in [-0.4, -0.2) is 14.8 Å². The summed E-state index contributed by atoms with van der Waals surface area (Å²) in [6.45, 7) is 12.0. The van der Waals surface area contributed by atoms with Gasteiger partial charge in [0.05, 0.1) is 22.1 Å². The molecule has 0 aliphatic heterocycles. The quantitative estimate of drug-likeness (QED) is 0.708. The Morgan fingerprint density at radius 2 is 1.81 bits per heavy atom. The first kappa shape index (κ1) is 18.7. The predicted octanol–water partition coefficient (Wildman–Crippen LogP) is 4.67. The van der Waals surface area contributed by atoms with E-state index in [4.69, 9.17) is 4.98 Å². The van der Waals surface area contributed by atoms with Crippen molar-refractivity contribution in [3.05, 3.63) is 63.1 Å². The normalized spacial score (nSPS) is 11.9. The Kier molecular flexibility index (Phi) is 5.25. The maximum absolute atomic E-state index is 13.1. The average Bonchev–Trinajstić information content (AvgIpc) is 3.15. The van der Waals surface area contributed by atoms with E-state index < -0.39 is 0 Å². The van der Waals surface area contributed by atoms with Gasteiger partial charge in [-0.15, -0.1) is 11.3 Å². The van der Waals surface area contributed by atoms with Crippen LogP contribution in [0, 0.1) is 19.7 Å². The number of halogens is 1. The highest BCUT2D eigenvalue weighted by atomic mass is 32.1. The average molecular weight is 373 g/mol. The van der Waals surface area contributed by atoms with Crippen molar-refractivity contribution in [2.24, 2.45) is 0 Å². The fourth-order valence-electron chi connectivity index (χ4n) is 2.81. The van der Waals surface area contributed by atoms with Crippen molar-refractivity contribution in [1.82, 2.24) is 20.1 Å². The lowest BCUT2D eigenvalue weighted by atomic mass is 9.98. The summed E-state index contributed by atoms with van der Waals surface area (Å²) in [4.78, 5) is 4.72. The van der Waals surface area contributed by atoms with Crippen molar-refractivity contribution >= 4 is 11.3 Å². The van der Waals surface area contributed by atoms with Crippen molar-refractivity contribution in [1.29, 1.82) is 0 Å². The largest absolute Gasteiger partial charge is 0.307 e. The summed E-state index contributed by atoms with van der Waals surface area (Å²) in [6.07, 6.45) is 0. The zero-order valence-corrected chi connectivity index (χ0v) is 16.7. The summed E-state index contributed by atoms with van der Waals surface area (Å²) in [5, 5.41) is 11.4. The Morgan fingerprint density at radius 1 is 1.12 bits per heavy atom. The van der Waals surface area contributed by atoms with E-state index in [-0.39, 0.29) is 11.2 Å². The number of thiazole rings is 1. The topological polar surface area (TPSA) is 42.7 Å². The second kappa shape index (κ2) is 7.29. The molecular formula is C20H25FN4S. The third-order valence-electron chi connectivity index (χ3n) is 4.31. The number of hydrogen-bond acceptors (Lipinski definition) is 4. The number of nitrogens with one attached hydrogen (secondary N) is 1. The van der Waals surface area contributed by atoms with E-state index in [9.17, 15) is 4.39 Å². The van der Waals surface area contributed by atoms with Gasteiger partial charge in [-0.1, -0.05) is 20.8 Å². The van der Waals surface area contributed by atoms with E-state index in [1.54, 1.807) is 23.5 Å². The summed E-state index contributed by atoms with van der Waals surface area (Å²) in [7, 11) is 0. The summed E-state index contributed by atoms with van der Waals surface area (Å²) >= 11 is 1.71. The van der Waals surface area contributed by atoms with Crippen molar-refractivity contribution in [3.8, 4) is 5.69 Å². The van der Waals surface area contributed by atoms with Crippen LogP contribution in [-0.2, 0) is 18.5 Å². The Hall–Kier alpha value is -2.05. The zero-order valence-electron chi connectivity index (χ0n) is 15.9. The van der Waals surface area contributed by atoms with Crippen LogP contribution in [0.2, 0.25) is 0 Å². The van der Waals surface area contributed by atoms with E-state index >= 15 is 0 Å². The summed E-state index contributed by atoms with van der Waals surface area (Å²) in [5.41, 5.74) is 5.24. The number of aromatic nitrogens is 3. The number of hydrogen-bond donors (Lipinski definition) is 1. The lowest BCUT2D eigenvalue weighted by molar-refractivity contribution is 0.579. The number of nitrogens with zero attached hydrogens (tertiary/aromatic N) is 3. The molecule has 0 aliphatic carbocycles. The van der Waals surface area contributed by atoms with Gasteiger partial charge in [-0.25, -0.2) is 14.1 Å². The minimum absolute atomic E-state index is 0.0897. The van der Waals surface area contributed by atoms with Crippen LogP contribution >= 0.6 is 11.3 Å². The van der Waals surface area contributed by atoms with Crippen LogP contribution in [0.4, 0.5) is 4.39 Å². The number of benzene rings is 1. The van der Waals surface area contributed by atoms with Gasteiger partial charge in [-0.2, -0.15) is 5.10 Å². The molecule has 0 amide bonds. The highest BCUT2D eigenvalue weighted by molar-refractivity contribution is 7.09. The summed E-state index contributed by atoms with van der Waals surface area (Å²) in [6, 6.07) is 6.40. The predicted molar refractivity (Wildman–Crippen MR) is 104 cm³/mol. The van der Waals surface area contributed by atoms with Crippen molar-refractivity contribution in [2.45, 2.75) is 53.1 Å². The van der Waals surface area contributed by atoms with E-state index in [0.29, 0.717) is 0 Å². The number of aryl methyl sites for hydroxylation is 1. The number of rotatable bonds is 5. The van der Waals surface area contributed by atoms with Gasteiger partial charge in [0.2, 0.25) is 0 Å². The van der Waals surface area contributed by atoms with E-state index in [1.807, 2.05) is 18.5 Å². The molecule has 3 aromatic rings. The molecule has 0 unspecified atom stereocenters. The first-order valence-electron chi connectivity index (χ1n) is 8.72. The van der Waals surface area contributed by atoms with Gasteiger partial charge >= 0.3 is 0 Å². The van der Waals surface area contributed by atoms with Gasteiger partial charge in [-0.3, -0.25) is 0 Å². The molecule has 0 atom stereocenters. The monoisotopic (exact) mass is 372 g/mol. The first-order valence-corrected chi connectivity index (χ1v) is 9.60. The second-order valence-corrected chi connectivity index (χ2v) is 8.39. The minimum atomic E-state index is -0.241. The molecule has 0 bridgehead atoms. The lowest BCUT2D eigenvalue weighted by Gasteiger charge is -2.13. The molecule has 2 heterocycles. The molecule has 6 heteroatoms. The van der Waals surface area contributed by atoms with Gasteiger partial charge in [0.15, 0.2) is 0 Å².